The summed E-state index contributed by atoms with van der Waals surface area (Å²) in [6, 6.07) is 3.90. The molecule has 0 atom stereocenters. The van der Waals surface area contributed by atoms with Crippen molar-refractivity contribution in [3.05, 3.63) is 23.8 Å². The Morgan fingerprint density at radius 2 is 1.97 bits per heavy atom. The van der Waals surface area contributed by atoms with E-state index in [2.05, 4.69) is 36.9 Å². The van der Waals surface area contributed by atoms with Crippen molar-refractivity contribution in [3.63, 3.8) is 0 Å². The molecule has 174 valence electrons. The minimum atomic E-state index is -0.747. The highest BCUT2D eigenvalue weighted by atomic mass is 16.2. The zero-order chi connectivity index (χ0) is 23.0. The Morgan fingerprint density at radius 1 is 1.21 bits per heavy atom. The summed E-state index contributed by atoms with van der Waals surface area (Å²) >= 11 is 0. The van der Waals surface area contributed by atoms with Crippen molar-refractivity contribution >= 4 is 23.0 Å². The van der Waals surface area contributed by atoms with Gasteiger partial charge in [0.2, 0.25) is 5.82 Å². The molecule has 5 rings (SSSR count). The van der Waals surface area contributed by atoms with Gasteiger partial charge in [-0.1, -0.05) is 32.1 Å². The fourth-order valence-electron chi connectivity index (χ4n) is 5.73. The lowest BCUT2D eigenvalue weighted by Gasteiger charge is -2.37. The number of amides is 3. The fourth-order valence-corrected chi connectivity index (χ4v) is 5.73. The third-order valence-electron chi connectivity index (χ3n) is 7.77. The van der Waals surface area contributed by atoms with E-state index in [9.17, 15) is 14.9 Å². The van der Waals surface area contributed by atoms with E-state index in [0.717, 1.165) is 49.6 Å². The van der Waals surface area contributed by atoms with Crippen LogP contribution in [0.3, 0.4) is 0 Å². The Hall–Kier alpha value is -2.99. The molecule has 0 radical (unpaired) electrons. The highest BCUT2D eigenvalue weighted by Crippen LogP contribution is 2.31. The molecule has 2 aromatic rings. The molecule has 1 spiro atoms. The molecular formula is C24H31N7O2. The number of likely N-dealkylation sites (tertiary alicyclic amines) is 1. The molecule has 3 aliphatic rings. The number of nitrogens with zero attached hydrogens (tertiary/aromatic N) is 6. The molecule has 9 heteroatoms. The molecule has 1 N–H and O–H groups in total. The van der Waals surface area contributed by atoms with Gasteiger partial charge in [-0.3, -0.25) is 14.6 Å². The second kappa shape index (κ2) is 8.75. The number of carbonyl (C=O) groups is 2. The predicted octanol–water partition coefficient (Wildman–Crippen LogP) is 2.79. The van der Waals surface area contributed by atoms with E-state index in [-0.39, 0.29) is 17.8 Å². The van der Waals surface area contributed by atoms with Crippen LogP contribution in [0.2, 0.25) is 0 Å². The Morgan fingerprint density at radius 3 is 2.64 bits per heavy atom. The molecule has 3 fully saturated rings. The van der Waals surface area contributed by atoms with Crippen LogP contribution in [0.5, 0.6) is 0 Å². The van der Waals surface area contributed by atoms with Gasteiger partial charge in [0, 0.05) is 50.5 Å². The second-order valence-electron chi connectivity index (χ2n) is 9.82. The highest BCUT2D eigenvalue weighted by molar-refractivity contribution is 6.06. The van der Waals surface area contributed by atoms with Gasteiger partial charge in [0.25, 0.3) is 5.91 Å². The number of nitrogens with one attached hydrogen (secondary N) is 1. The van der Waals surface area contributed by atoms with Crippen molar-refractivity contribution in [2.24, 2.45) is 5.92 Å². The maximum absolute atomic E-state index is 12.6. The number of hydrogen-bond acceptors (Lipinski definition) is 6. The SMILES string of the molecule is CN1C(=O)NC2(CCN(Cc3cc4cnc(C#N)nc4n3CCC3CCCCC3)CC2)C1=O. The van der Waals surface area contributed by atoms with Gasteiger partial charge in [0.1, 0.15) is 17.3 Å². The van der Waals surface area contributed by atoms with Gasteiger partial charge in [0.15, 0.2) is 0 Å². The monoisotopic (exact) mass is 449 g/mol. The number of urea groups is 1. The number of imide groups is 1. The van der Waals surface area contributed by atoms with Crippen LogP contribution in [0.4, 0.5) is 4.79 Å². The molecule has 3 amide bonds. The zero-order valence-electron chi connectivity index (χ0n) is 19.2. The number of carbonyl (C=O) groups excluding carboxylic acids is 2. The van der Waals surface area contributed by atoms with Crippen molar-refractivity contribution in [3.8, 4) is 6.07 Å². The van der Waals surface area contributed by atoms with E-state index in [1.54, 1.807) is 13.2 Å². The van der Waals surface area contributed by atoms with Crippen molar-refractivity contribution in [1.82, 2.24) is 29.7 Å². The average Bonchev–Trinajstić information content (AvgIpc) is 3.28. The standard InChI is InChI=1S/C24H31N7O2/c1-29-22(32)24(28-23(29)33)8-11-30(12-9-24)16-19-13-18-15-26-20(14-25)27-21(18)31(19)10-7-17-5-3-2-4-6-17/h13,15,17H,2-12,16H2,1H3,(H,28,33). The van der Waals surface area contributed by atoms with Gasteiger partial charge in [-0.15, -0.1) is 0 Å². The Kier molecular flexibility index (Phi) is 5.79. The number of fused-ring (bicyclic) bond motifs is 1. The van der Waals surface area contributed by atoms with E-state index >= 15 is 0 Å². The number of aryl methyl sites for hydroxylation is 1. The second-order valence-corrected chi connectivity index (χ2v) is 9.82. The van der Waals surface area contributed by atoms with Gasteiger partial charge in [-0.05, 0) is 31.2 Å². The van der Waals surface area contributed by atoms with E-state index < -0.39 is 5.54 Å². The van der Waals surface area contributed by atoms with Gasteiger partial charge < -0.3 is 9.88 Å². The number of nitriles is 1. The third kappa shape index (κ3) is 4.08. The highest BCUT2D eigenvalue weighted by Gasteiger charge is 2.50. The molecule has 1 saturated carbocycles. The molecule has 2 aliphatic heterocycles. The van der Waals surface area contributed by atoms with Crippen LogP contribution in [0.25, 0.3) is 11.0 Å². The molecule has 0 unspecified atom stereocenters. The summed E-state index contributed by atoms with van der Waals surface area (Å²) in [6.45, 7) is 3.11. The van der Waals surface area contributed by atoms with Crippen LogP contribution in [0.15, 0.2) is 12.3 Å². The van der Waals surface area contributed by atoms with Gasteiger partial charge in [-0.25, -0.2) is 14.8 Å². The average molecular weight is 450 g/mol. The van der Waals surface area contributed by atoms with Crippen LogP contribution in [0, 0.1) is 17.2 Å². The lowest BCUT2D eigenvalue weighted by Crippen LogP contribution is -2.54. The van der Waals surface area contributed by atoms with Crippen LogP contribution in [0.1, 0.15) is 62.9 Å². The zero-order valence-corrected chi connectivity index (χ0v) is 19.2. The molecule has 2 saturated heterocycles. The molecule has 0 aromatic carbocycles. The summed E-state index contributed by atoms with van der Waals surface area (Å²) in [5.41, 5.74) is 1.25. The maximum atomic E-state index is 12.6. The summed E-state index contributed by atoms with van der Waals surface area (Å²) < 4.78 is 2.27. The molecule has 0 bridgehead atoms. The molecular weight excluding hydrogens is 418 g/mol. The molecule has 2 aromatic heterocycles. The summed E-state index contributed by atoms with van der Waals surface area (Å²) in [7, 11) is 1.54. The summed E-state index contributed by atoms with van der Waals surface area (Å²) in [5, 5.41) is 13.2. The minimum Gasteiger partial charge on any atom is -0.328 e. The molecule has 4 heterocycles. The summed E-state index contributed by atoms with van der Waals surface area (Å²) in [4.78, 5) is 36.8. The quantitative estimate of drug-likeness (QED) is 0.704. The maximum Gasteiger partial charge on any atom is 0.324 e. The van der Waals surface area contributed by atoms with Crippen molar-refractivity contribution in [1.29, 1.82) is 5.26 Å². The first-order valence-electron chi connectivity index (χ1n) is 12.1. The van der Waals surface area contributed by atoms with E-state index in [1.165, 1.54) is 42.7 Å². The van der Waals surface area contributed by atoms with Crippen LogP contribution >= 0.6 is 0 Å². The van der Waals surface area contributed by atoms with Gasteiger partial charge in [-0.2, -0.15) is 5.26 Å². The fraction of sp³-hybridized carbons (Fsp3) is 0.625. The Labute approximate surface area is 193 Å². The van der Waals surface area contributed by atoms with E-state index in [1.807, 2.05) is 0 Å². The van der Waals surface area contributed by atoms with Crippen molar-refractivity contribution in [2.45, 2.75) is 70.0 Å². The van der Waals surface area contributed by atoms with Gasteiger partial charge in [0.05, 0.1) is 0 Å². The van der Waals surface area contributed by atoms with Crippen molar-refractivity contribution < 1.29 is 9.59 Å². The number of rotatable bonds is 5. The first-order chi connectivity index (χ1) is 16.0. The molecule has 9 nitrogen and oxygen atoms in total. The van der Waals surface area contributed by atoms with Gasteiger partial charge >= 0.3 is 6.03 Å². The third-order valence-corrected chi connectivity index (χ3v) is 7.77. The Balaban J connectivity index is 1.33. The lowest BCUT2D eigenvalue weighted by molar-refractivity contribution is -0.132. The normalized spacial score (nSPS) is 21.6. The van der Waals surface area contributed by atoms with Crippen molar-refractivity contribution in [2.75, 3.05) is 20.1 Å². The smallest absolute Gasteiger partial charge is 0.324 e. The summed E-state index contributed by atoms with van der Waals surface area (Å²) in [5.74, 6) is 0.837. The number of hydrogen-bond donors (Lipinski definition) is 1. The van der Waals surface area contributed by atoms with Crippen LogP contribution in [-0.2, 0) is 17.9 Å². The predicted molar refractivity (Wildman–Crippen MR) is 122 cm³/mol. The topological polar surface area (TPSA) is 107 Å². The number of likely N-dealkylation sites (N-methyl/N-ethyl adjacent to an activating group) is 1. The minimum absolute atomic E-state index is 0.118. The van der Waals surface area contributed by atoms with Crippen LogP contribution < -0.4 is 5.32 Å². The number of piperidine rings is 1. The van der Waals surface area contributed by atoms with Crippen LogP contribution in [-0.4, -0.2) is 61.9 Å². The van der Waals surface area contributed by atoms with E-state index in [0.29, 0.717) is 12.8 Å². The van der Waals surface area contributed by atoms with E-state index in [4.69, 9.17) is 0 Å². The lowest BCUT2D eigenvalue weighted by atomic mass is 9.87. The first-order valence-corrected chi connectivity index (χ1v) is 12.1. The Bertz CT molecular complexity index is 1100. The largest absolute Gasteiger partial charge is 0.328 e. The first kappa shape index (κ1) is 21.8. The number of aromatic nitrogens is 3. The molecule has 33 heavy (non-hydrogen) atoms. The molecule has 1 aliphatic carbocycles. The summed E-state index contributed by atoms with van der Waals surface area (Å²) in [6.07, 6.45) is 10.7.